The minimum Gasteiger partial charge on any atom is -0.354 e. The molecule has 0 aliphatic carbocycles. The molecular weight excluding hydrogens is 336 g/mol. The van der Waals surface area contributed by atoms with E-state index in [1.165, 1.54) is 12.4 Å². The molecule has 0 bridgehead atoms. The molecule has 1 amide bonds. The Kier molecular flexibility index (Phi) is 4.50. The summed E-state index contributed by atoms with van der Waals surface area (Å²) in [5, 5.41) is 28.0. The fourth-order valence-corrected chi connectivity index (χ4v) is 1.98. The molecule has 3 aromatic rings. The van der Waals surface area contributed by atoms with Gasteiger partial charge in [0.15, 0.2) is 11.4 Å². The average molecular weight is 346 g/mol. The van der Waals surface area contributed by atoms with Crippen molar-refractivity contribution in [3.8, 4) is 12.1 Å². The van der Waals surface area contributed by atoms with Gasteiger partial charge in [-0.15, -0.1) is 0 Å². The number of amides is 1. The van der Waals surface area contributed by atoms with Crippen molar-refractivity contribution in [2.45, 2.75) is 6.92 Å². The fourth-order valence-electron chi connectivity index (χ4n) is 1.98. The van der Waals surface area contributed by atoms with Gasteiger partial charge in [-0.05, 0) is 25.1 Å². The molecule has 0 radical (unpaired) electrons. The topological polar surface area (TPSA) is 153 Å². The highest BCUT2D eigenvalue weighted by molar-refractivity contribution is 6.10. The molecule has 0 unspecified atom stereocenters. The Morgan fingerprint density at radius 3 is 2.73 bits per heavy atom. The smallest absolute Gasteiger partial charge is 0.277 e. The normalized spacial score (nSPS) is 9.81. The summed E-state index contributed by atoms with van der Waals surface area (Å²) in [5.41, 5.74) is 4.02. The molecule has 0 atom stereocenters. The van der Waals surface area contributed by atoms with E-state index in [1.54, 1.807) is 37.3 Å². The molecule has 0 fully saturated rings. The lowest BCUT2D eigenvalue weighted by Crippen LogP contribution is -2.14. The van der Waals surface area contributed by atoms with Gasteiger partial charge in [-0.3, -0.25) is 15.2 Å². The van der Waals surface area contributed by atoms with E-state index in [0.717, 1.165) is 0 Å². The van der Waals surface area contributed by atoms with Crippen molar-refractivity contribution in [2.75, 3.05) is 10.7 Å². The van der Waals surface area contributed by atoms with Gasteiger partial charge in [0.2, 0.25) is 5.71 Å². The second-order valence-electron chi connectivity index (χ2n) is 5.04. The molecule has 10 nitrogen and oxygen atoms in total. The van der Waals surface area contributed by atoms with Crippen LogP contribution in [-0.2, 0) is 0 Å². The number of anilines is 2. The summed E-state index contributed by atoms with van der Waals surface area (Å²) in [6.07, 6.45) is 2.85. The molecule has 0 aliphatic rings. The molecule has 0 aliphatic heterocycles. The summed E-state index contributed by atoms with van der Waals surface area (Å²) in [5.74, 6) is -0.291. The van der Waals surface area contributed by atoms with E-state index in [1.807, 2.05) is 0 Å². The Bertz CT molecular complexity index is 1070. The maximum atomic E-state index is 12.2. The second-order valence-corrected chi connectivity index (χ2v) is 5.04. The van der Waals surface area contributed by atoms with Crippen LogP contribution in [0.15, 0.2) is 40.2 Å². The van der Waals surface area contributed by atoms with Gasteiger partial charge in [0, 0.05) is 6.20 Å². The SMILES string of the molecule is Cc1cnc(C(=O)Nc2noc3ccc(NN=C(C#N)C#N)cc23)cn1. The lowest BCUT2D eigenvalue weighted by atomic mass is 10.2. The number of hydrogen-bond acceptors (Lipinski definition) is 9. The van der Waals surface area contributed by atoms with Gasteiger partial charge in [0.25, 0.3) is 5.91 Å². The third-order valence-corrected chi connectivity index (χ3v) is 3.22. The summed E-state index contributed by atoms with van der Waals surface area (Å²) in [7, 11) is 0. The van der Waals surface area contributed by atoms with E-state index in [4.69, 9.17) is 15.0 Å². The Morgan fingerprint density at radius 2 is 2.04 bits per heavy atom. The molecule has 2 N–H and O–H groups in total. The van der Waals surface area contributed by atoms with E-state index >= 15 is 0 Å². The number of fused-ring (bicyclic) bond motifs is 1. The predicted octanol–water partition coefficient (Wildman–Crippen LogP) is 1.99. The molecule has 2 aromatic heterocycles. The van der Waals surface area contributed by atoms with Crippen LogP contribution >= 0.6 is 0 Å². The molecular formula is C16H10N8O2. The predicted molar refractivity (Wildman–Crippen MR) is 91.0 cm³/mol. The molecule has 26 heavy (non-hydrogen) atoms. The molecule has 2 heterocycles. The lowest BCUT2D eigenvalue weighted by Gasteiger charge is -2.02. The van der Waals surface area contributed by atoms with E-state index < -0.39 is 5.91 Å². The minimum atomic E-state index is -0.486. The number of benzene rings is 1. The maximum absolute atomic E-state index is 12.2. The van der Waals surface area contributed by atoms with Gasteiger partial charge < -0.3 is 9.84 Å². The van der Waals surface area contributed by atoms with Crippen molar-refractivity contribution in [3.63, 3.8) is 0 Å². The molecule has 0 spiro atoms. The van der Waals surface area contributed by atoms with Crippen LogP contribution in [0.4, 0.5) is 11.5 Å². The third kappa shape index (κ3) is 3.44. The molecule has 10 heteroatoms. The van der Waals surface area contributed by atoms with Crippen LogP contribution < -0.4 is 10.7 Å². The van der Waals surface area contributed by atoms with E-state index in [-0.39, 0.29) is 17.2 Å². The van der Waals surface area contributed by atoms with Crippen LogP contribution in [0.1, 0.15) is 16.2 Å². The van der Waals surface area contributed by atoms with Crippen LogP contribution in [-0.4, -0.2) is 26.7 Å². The number of hydrazone groups is 1. The lowest BCUT2D eigenvalue weighted by molar-refractivity contribution is 0.102. The Balaban J connectivity index is 1.85. The van der Waals surface area contributed by atoms with Crippen LogP contribution in [0.2, 0.25) is 0 Å². The summed E-state index contributed by atoms with van der Waals surface area (Å²) in [6.45, 7) is 1.76. The number of aromatic nitrogens is 3. The summed E-state index contributed by atoms with van der Waals surface area (Å²) in [6, 6.07) is 8.12. The summed E-state index contributed by atoms with van der Waals surface area (Å²) >= 11 is 0. The van der Waals surface area contributed by atoms with Gasteiger partial charge in [0.1, 0.15) is 17.8 Å². The highest BCUT2D eigenvalue weighted by atomic mass is 16.5. The first-order valence-corrected chi connectivity index (χ1v) is 7.24. The van der Waals surface area contributed by atoms with Gasteiger partial charge >= 0.3 is 0 Å². The highest BCUT2D eigenvalue weighted by Crippen LogP contribution is 2.26. The number of nitriles is 2. The highest BCUT2D eigenvalue weighted by Gasteiger charge is 2.14. The van der Waals surface area contributed by atoms with Crippen molar-refractivity contribution in [1.82, 2.24) is 15.1 Å². The molecule has 0 saturated carbocycles. The number of aryl methyl sites for hydroxylation is 1. The van der Waals surface area contributed by atoms with Crippen molar-refractivity contribution in [3.05, 3.63) is 42.0 Å². The zero-order chi connectivity index (χ0) is 18.5. The van der Waals surface area contributed by atoms with Crippen molar-refractivity contribution in [1.29, 1.82) is 10.5 Å². The number of nitrogens with zero attached hydrogens (tertiary/aromatic N) is 6. The quantitative estimate of drug-likeness (QED) is 0.537. The number of carbonyl (C=O) groups excluding carboxylic acids is 1. The number of rotatable bonds is 4. The largest absolute Gasteiger partial charge is 0.354 e. The number of nitrogens with one attached hydrogen (secondary N) is 2. The van der Waals surface area contributed by atoms with Crippen molar-refractivity contribution >= 4 is 34.1 Å². The molecule has 3 rings (SSSR count). The first-order valence-electron chi connectivity index (χ1n) is 7.24. The van der Waals surface area contributed by atoms with E-state index in [9.17, 15) is 4.79 Å². The summed E-state index contributed by atoms with van der Waals surface area (Å²) in [4.78, 5) is 20.3. The van der Waals surface area contributed by atoms with Crippen LogP contribution in [0.3, 0.4) is 0 Å². The van der Waals surface area contributed by atoms with Gasteiger partial charge in [-0.1, -0.05) is 5.16 Å². The van der Waals surface area contributed by atoms with Gasteiger partial charge in [-0.25, -0.2) is 4.98 Å². The van der Waals surface area contributed by atoms with Gasteiger partial charge in [-0.2, -0.15) is 15.6 Å². The average Bonchev–Trinajstić information content (AvgIpc) is 3.05. The van der Waals surface area contributed by atoms with Crippen LogP contribution in [0.25, 0.3) is 11.0 Å². The monoisotopic (exact) mass is 346 g/mol. The number of carbonyl (C=O) groups is 1. The zero-order valence-corrected chi connectivity index (χ0v) is 13.4. The molecule has 0 saturated heterocycles. The Labute approximate surface area is 146 Å². The summed E-state index contributed by atoms with van der Waals surface area (Å²) < 4.78 is 5.16. The van der Waals surface area contributed by atoms with Crippen LogP contribution in [0, 0.1) is 29.6 Å². The molecule has 1 aromatic carbocycles. The standard InChI is InChI=1S/C16H10N8O2/c1-9-7-20-13(8-19-9)16(25)21-15-12-4-10(2-3-14(12)26-24-15)22-23-11(5-17)6-18/h2-4,7-8,22H,1H3,(H,21,24,25). The fraction of sp³-hybridized carbons (Fsp3) is 0.0625. The molecule has 126 valence electrons. The van der Waals surface area contributed by atoms with Crippen molar-refractivity contribution in [2.24, 2.45) is 5.10 Å². The third-order valence-electron chi connectivity index (χ3n) is 3.22. The van der Waals surface area contributed by atoms with Gasteiger partial charge in [0.05, 0.1) is 23.0 Å². The van der Waals surface area contributed by atoms with Crippen LogP contribution in [0.5, 0.6) is 0 Å². The van der Waals surface area contributed by atoms with Crippen molar-refractivity contribution < 1.29 is 9.32 Å². The Hall–Kier alpha value is -4.31. The Morgan fingerprint density at radius 1 is 1.23 bits per heavy atom. The van der Waals surface area contributed by atoms with E-state index in [2.05, 4.69) is 31.0 Å². The number of hydrogen-bond donors (Lipinski definition) is 2. The first-order chi connectivity index (χ1) is 12.6. The minimum absolute atomic E-state index is 0.137. The first kappa shape index (κ1) is 16.5. The van der Waals surface area contributed by atoms with E-state index in [0.29, 0.717) is 22.4 Å². The second kappa shape index (κ2) is 7.07. The zero-order valence-electron chi connectivity index (χ0n) is 13.4. The maximum Gasteiger partial charge on any atom is 0.277 e.